The van der Waals surface area contributed by atoms with Crippen LogP contribution in [0.25, 0.3) is 10.2 Å². The van der Waals surface area contributed by atoms with Gasteiger partial charge in [0.05, 0.1) is 17.8 Å². The topological polar surface area (TPSA) is 69.6 Å². The molecule has 0 bridgehead atoms. The van der Waals surface area contributed by atoms with E-state index in [2.05, 4.69) is 14.3 Å². The van der Waals surface area contributed by atoms with Crippen molar-refractivity contribution in [2.45, 2.75) is 6.92 Å². The summed E-state index contributed by atoms with van der Waals surface area (Å²) < 4.78 is 4.27. The minimum Gasteiger partial charge on any atom is -0.348 e. The van der Waals surface area contributed by atoms with Gasteiger partial charge in [-0.15, -0.1) is 0 Å². The SMILES string of the molecule is Cc1nsc2ncc(C(=O)N3CCN(CC(=O)N(C)C)CC3)cc12. The zero-order valence-corrected chi connectivity index (χ0v) is 15.0. The van der Waals surface area contributed by atoms with E-state index in [0.717, 1.165) is 15.9 Å². The molecule has 0 unspecified atom stereocenters. The molecule has 7 nitrogen and oxygen atoms in total. The van der Waals surface area contributed by atoms with Crippen molar-refractivity contribution >= 4 is 33.6 Å². The van der Waals surface area contributed by atoms with Gasteiger partial charge in [0.15, 0.2) is 0 Å². The number of nitrogens with zero attached hydrogens (tertiary/aromatic N) is 5. The van der Waals surface area contributed by atoms with Crippen LogP contribution in [-0.4, -0.2) is 82.7 Å². The number of fused-ring (bicyclic) bond motifs is 1. The Hall–Kier alpha value is -2.06. The Morgan fingerprint density at radius 3 is 2.62 bits per heavy atom. The minimum absolute atomic E-state index is 0.00594. The van der Waals surface area contributed by atoms with E-state index in [4.69, 9.17) is 0 Å². The monoisotopic (exact) mass is 347 g/mol. The van der Waals surface area contributed by atoms with Gasteiger partial charge < -0.3 is 9.80 Å². The number of rotatable bonds is 3. The average molecular weight is 347 g/mol. The summed E-state index contributed by atoms with van der Waals surface area (Å²) in [6.07, 6.45) is 1.63. The molecule has 1 fully saturated rings. The highest BCUT2D eigenvalue weighted by molar-refractivity contribution is 7.12. The molecule has 128 valence electrons. The Labute approximate surface area is 145 Å². The highest BCUT2D eigenvalue weighted by atomic mass is 32.1. The molecule has 1 saturated heterocycles. The molecule has 3 rings (SSSR count). The molecule has 2 amide bonds. The van der Waals surface area contributed by atoms with Gasteiger partial charge in [0.2, 0.25) is 5.91 Å². The van der Waals surface area contributed by atoms with Crippen LogP contribution in [0.5, 0.6) is 0 Å². The predicted molar refractivity (Wildman–Crippen MR) is 93.2 cm³/mol. The summed E-state index contributed by atoms with van der Waals surface area (Å²) in [5.41, 5.74) is 1.51. The smallest absolute Gasteiger partial charge is 0.255 e. The van der Waals surface area contributed by atoms with E-state index in [0.29, 0.717) is 38.3 Å². The number of carbonyl (C=O) groups excluding carboxylic acids is 2. The molecule has 2 aromatic heterocycles. The zero-order chi connectivity index (χ0) is 17.3. The third kappa shape index (κ3) is 3.39. The summed E-state index contributed by atoms with van der Waals surface area (Å²) in [6, 6.07) is 1.88. The Morgan fingerprint density at radius 2 is 1.96 bits per heavy atom. The summed E-state index contributed by atoms with van der Waals surface area (Å²) in [5.74, 6) is 0.0819. The van der Waals surface area contributed by atoms with Gasteiger partial charge in [-0.3, -0.25) is 14.5 Å². The lowest BCUT2D eigenvalue weighted by Crippen LogP contribution is -2.51. The van der Waals surface area contributed by atoms with Crippen molar-refractivity contribution in [2.75, 3.05) is 46.8 Å². The number of pyridine rings is 1. The Morgan fingerprint density at radius 1 is 1.25 bits per heavy atom. The number of carbonyl (C=O) groups is 2. The van der Waals surface area contributed by atoms with Crippen LogP contribution in [0.1, 0.15) is 16.1 Å². The Bertz CT molecular complexity index is 765. The van der Waals surface area contributed by atoms with Crippen LogP contribution in [0.2, 0.25) is 0 Å². The molecule has 1 aliphatic heterocycles. The van der Waals surface area contributed by atoms with Crippen LogP contribution in [0, 0.1) is 6.92 Å². The highest BCUT2D eigenvalue weighted by Crippen LogP contribution is 2.21. The van der Waals surface area contributed by atoms with Gasteiger partial charge in [-0.05, 0) is 24.5 Å². The van der Waals surface area contributed by atoms with Crippen molar-refractivity contribution in [2.24, 2.45) is 0 Å². The van der Waals surface area contributed by atoms with E-state index in [-0.39, 0.29) is 11.8 Å². The van der Waals surface area contributed by atoms with E-state index in [1.807, 2.05) is 17.9 Å². The van der Waals surface area contributed by atoms with Crippen molar-refractivity contribution in [3.63, 3.8) is 0 Å². The molecule has 1 aliphatic rings. The molecule has 0 spiro atoms. The number of piperazine rings is 1. The molecule has 0 aromatic carbocycles. The lowest BCUT2D eigenvalue weighted by atomic mass is 10.2. The van der Waals surface area contributed by atoms with Gasteiger partial charge in [0.25, 0.3) is 5.91 Å². The maximum Gasteiger partial charge on any atom is 0.255 e. The normalized spacial score (nSPS) is 15.7. The highest BCUT2D eigenvalue weighted by Gasteiger charge is 2.24. The molecule has 0 radical (unpaired) electrons. The lowest BCUT2D eigenvalue weighted by molar-refractivity contribution is -0.130. The summed E-state index contributed by atoms with van der Waals surface area (Å²) >= 11 is 1.35. The fourth-order valence-electron chi connectivity index (χ4n) is 2.69. The quantitative estimate of drug-likeness (QED) is 0.823. The number of amides is 2. The predicted octanol–water partition coefficient (Wildman–Crippen LogP) is 0.846. The maximum absolute atomic E-state index is 12.7. The second-order valence-corrected chi connectivity index (χ2v) is 6.95. The van der Waals surface area contributed by atoms with Gasteiger partial charge in [-0.1, -0.05) is 0 Å². The molecule has 0 saturated carbocycles. The van der Waals surface area contributed by atoms with Crippen LogP contribution in [0.15, 0.2) is 12.3 Å². The Balaban J connectivity index is 1.64. The van der Waals surface area contributed by atoms with E-state index in [9.17, 15) is 9.59 Å². The molecular formula is C16H21N5O2S. The van der Waals surface area contributed by atoms with Crippen LogP contribution in [0.3, 0.4) is 0 Å². The first-order chi connectivity index (χ1) is 11.5. The molecule has 2 aromatic rings. The van der Waals surface area contributed by atoms with Crippen LogP contribution in [-0.2, 0) is 4.79 Å². The molecule has 0 N–H and O–H groups in total. The van der Waals surface area contributed by atoms with Crippen molar-refractivity contribution < 1.29 is 9.59 Å². The molecule has 8 heteroatoms. The number of hydrogen-bond donors (Lipinski definition) is 0. The zero-order valence-electron chi connectivity index (χ0n) is 14.2. The number of hydrogen-bond acceptors (Lipinski definition) is 6. The largest absolute Gasteiger partial charge is 0.348 e. The van der Waals surface area contributed by atoms with Gasteiger partial charge in [0.1, 0.15) is 4.83 Å². The summed E-state index contributed by atoms with van der Waals surface area (Å²) in [5, 5.41) is 0.945. The molecule has 0 atom stereocenters. The van der Waals surface area contributed by atoms with E-state index >= 15 is 0 Å². The minimum atomic E-state index is -0.00594. The third-order valence-electron chi connectivity index (χ3n) is 4.27. The molecular weight excluding hydrogens is 326 g/mol. The summed E-state index contributed by atoms with van der Waals surface area (Å²) in [6.45, 7) is 4.99. The molecule has 3 heterocycles. The second kappa shape index (κ2) is 6.82. The van der Waals surface area contributed by atoms with E-state index in [1.165, 1.54) is 11.5 Å². The fraction of sp³-hybridized carbons (Fsp3) is 0.500. The summed E-state index contributed by atoms with van der Waals surface area (Å²) in [4.78, 5) is 35.2. The van der Waals surface area contributed by atoms with Crippen LogP contribution in [0.4, 0.5) is 0 Å². The molecule has 24 heavy (non-hydrogen) atoms. The first-order valence-electron chi connectivity index (χ1n) is 7.89. The van der Waals surface area contributed by atoms with Crippen molar-refractivity contribution in [3.8, 4) is 0 Å². The number of aromatic nitrogens is 2. The van der Waals surface area contributed by atoms with E-state index in [1.54, 1.807) is 25.2 Å². The maximum atomic E-state index is 12.7. The standard InChI is InChI=1S/C16H21N5O2S/c1-11-13-8-12(9-17-15(13)24-18-11)16(23)21-6-4-20(5-7-21)10-14(22)19(2)3/h8-9H,4-7,10H2,1-3H3. The van der Waals surface area contributed by atoms with Gasteiger partial charge in [-0.25, -0.2) is 4.98 Å². The number of likely N-dealkylation sites (N-methyl/N-ethyl adjacent to an activating group) is 1. The summed E-state index contributed by atoms with van der Waals surface area (Å²) in [7, 11) is 3.51. The second-order valence-electron chi connectivity index (χ2n) is 6.20. The number of aryl methyl sites for hydroxylation is 1. The first kappa shape index (κ1) is 16.8. The average Bonchev–Trinajstić information content (AvgIpc) is 2.95. The van der Waals surface area contributed by atoms with Crippen LogP contribution >= 0.6 is 11.5 Å². The fourth-order valence-corrected chi connectivity index (χ4v) is 3.41. The van der Waals surface area contributed by atoms with Crippen molar-refractivity contribution in [3.05, 3.63) is 23.5 Å². The molecule has 0 aliphatic carbocycles. The third-order valence-corrected chi connectivity index (χ3v) is 5.14. The van der Waals surface area contributed by atoms with Crippen molar-refractivity contribution in [1.29, 1.82) is 0 Å². The van der Waals surface area contributed by atoms with E-state index < -0.39 is 0 Å². The van der Waals surface area contributed by atoms with Crippen molar-refractivity contribution in [1.82, 2.24) is 24.1 Å². The van der Waals surface area contributed by atoms with Crippen LogP contribution < -0.4 is 0 Å². The van der Waals surface area contributed by atoms with Gasteiger partial charge in [0, 0.05) is 51.9 Å². The first-order valence-corrected chi connectivity index (χ1v) is 8.67. The Kier molecular flexibility index (Phi) is 4.77. The van der Waals surface area contributed by atoms with Gasteiger partial charge >= 0.3 is 0 Å². The lowest BCUT2D eigenvalue weighted by Gasteiger charge is -2.34. The van der Waals surface area contributed by atoms with Gasteiger partial charge in [-0.2, -0.15) is 4.37 Å².